The number of fused-ring (bicyclic) bond motifs is 1. The minimum absolute atomic E-state index is 0.0691. The van der Waals surface area contributed by atoms with Gasteiger partial charge in [0.2, 0.25) is 0 Å². The number of pyridine rings is 1. The highest BCUT2D eigenvalue weighted by molar-refractivity contribution is 6.33. The summed E-state index contributed by atoms with van der Waals surface area (Å²) in [6.07, 6.45) is 0. The van der Waals surface area contributed by atoms with Crippen molar-refractivity contribution in [1.82, 2.24) is 4.98 Å². The van der Waals surface area contributed by atoms with Crippen LogP contribution in [0.3, 0.4) is 0 Å². The maximum Gasteiger partial charge on any atom is 0.338 e. The molecule has 1 amide bonds. The average molecular weight is 375 g/mol. The number of ether oxygens (including phenoxy) is 1. The summed E-state index contributed by atoms with van der Waals surface area (Å²) in [4.78, 5) is 27.8. The molecule has 0 saturated heterocycles. The number of hydrogen-bond acceptors (Lipinski definition) is 4. The fourth-order valence-corrected chi connectivity index (χ4v) is 2.78. The number of nitrogens with one attached hydrogen (secondary N) is 1. The number of amides is 1. The third-order valence-electron chi connectivity index (χ3n) is 3.40. The zero-order chi connectivity index (χ0) is 17.8. The van der Waals surface area contributed by atoms with Crippen LogP contribution < -0.4 is 5.32 Å². The Morgan fingerprint density at radius 1 is 1.00 bits per heavy atom. The molecule has 1 heterocycles. The molecule has 0 fully saturated rings. The van der Waals surface area contributed by atoms with E-state index in [0.29, 0.717) is 5.69 Å². The molecule has 0 bridgehead atoms. The van der Waals surface area contributed by atoms with Crippen LogP contribution >= 0.6 is 23.2 Å². The van der Waals surface area contributed by atoms with E-state index < -0.39 is 18.5 Å². The van der Waals surface area contributed by atoms with Gasteiger partial charge in [-0.15, -0.1) is 0 Å². The lowest BCUT2D eigenvalue weighted by Crippen LogP contribution is -2.21. The van der Waals surface area contributed by atoms with Crippen molar-refractivity contribution in [1.29, 1.82) is 0 Å². The van der Waals surface area contributed by atoms with Crippen LogP contribution in [0.2, 0.25) is 10.3 Å². The number of anilines is 1. The Kier molecular flexibility index (Phi) is 5.16. The van der Waals surface area contributed by atoms with Crippen LogP contribution in [0.4, 0.5) is 5.69 Å². The lowest BCUT2D eigenvalue weighted by Gasteiger charge is -2.09. The summed E-state index contributed by atoms with van der Waals surface area (Å²) in [7, 11) is 0. The molecule has 5 nitrogen and oxygen atoms in total. The van der Waals surface area contributed by atoms with Gasteiger partial charge in [-0.2, -0.15) is 0 Å². The molecule has 0 spiro atoms. The second-order valence-electron chi connectivity index (χ2n) is 5.15. The van der Waals surface area contributed by atoms with E-state index in [9.17, 15) is 9.59 Å². The Hall–Kier alpha value is -2.63. The molecule has 0 saturated carbocycles. The maximum absolute atomic E-state index is 12.1. The number of aromatic nitrogens is 1. The molecule has 0 unspecified atom stereocenters. The Labute approximate surface area is 153 Å². The van der Waals surface area contributed by atoms with Crippen molar-refractivity contribution in [3.63, 3.8) is 0 Å². The third-order valence-corrected chi connectivity index (χ3v) is 3.78. The fourth-order valence-electron chi connectivity index (χ4n) is 2.32. The van der Waals surface area contributed by atoms with E-state index in [-0.39, 0.29) is 15.9 Å². The van der Waals surface area contributed by atoms with Crippen LogP contribution in [0.15, 0.2) is 54.6 Å². The lowest BCUT2D eigenvalue weighted by molar-refractivity contribution is -0.119. The van der Waals surface area contributed by atoms with Gasteiger partial charge in [0.1, 0.15) is 10.3 Å². The summed E-state index contributed by atoms with van der Waals surface area (Å²) >= 11 is 11.5. The molecule has 0 aliphatic heterocycles. The van der Waals surface area contributed by atoms with Gasteiger partial charge in [0.05, 0.1) is 5.56 Å². The molecule has 0 radical (unpaired) electrons. The van der Waals surface area contributed by atoms with Gasteiger partial charge in [0, 0.05) is 11.1 Å². The smallest absolute Gasteiger partial charge is 0.338 e. The zero-order valence-corrected chi connectivity index (χ0v) is 14.3. The van der Waals surface area contributed by atoms with Gasteiger partial charge in [0.15, 0.2) is 6.61 Å². The van der Waals surface area contributed by atoms with Crippen molar-refractivity contribution >= 4 is 51.5 Å². The molecule has 2 aromatic carbocycles. The number of esters is 1. The number of carbonyl (C=O) groups is 2. The number of halogens is 2. The van der Waals surface area contributed by atoms with Gasteiger partial charge < -0.3 is 10.1 Å². The number of carbonyl (C=O) groups excluding carboxylic acids is 2. The number of nitrogens with zero attached hydrogens (tertiary/aromatic N) is 1. The molecular formula is C18H12Cl2N2O3. The third kappa shape index (κ3) is 4.26. The molecule has 3 rings (SSSR count). The first-order chi connectivity index (χ1) is 12.0. The topological polar surface area (TPSA) is 68.3 Å². The molecule has 7 heteroatoms. The van der Waals surface area contributed by atoms with Crippen LogP contribution in [0.5, 0.6) is 0 Å². The van der Waals surface area contributed by atoms with Crippen molar-refractivity contribution in [2.24, 2.45) is 0 Å². The van der Waals surface area contributed by atoms with Gasteiger partial charge in [-0.25, -0.2) is 9.78 Å². The molecule has 3 aromatic rings. The summed E-state index contributed by atoms with van der Waals surface area (Å²) < 4.78 is 4.99. The summed E-state index contributed by atoms with van der Waals surface area (Å²) in [5, 5.41) is 4.77. The Balaban J connectivity index is 1.65. The molecule has 25 heavy (non-hydrogen) atoms. The maximum atomic E-state index is 12.1. The Morgan fingerprint density at radius 3 is 2.44 bits per heavy atom. The van der Waals surface area contributed by atoms with Gasteiger partial charge >= 0.3 is 5.97 Å². The summed E-state index contributed by atoms with van der Waals surface area (Å²) in [5.41, 5.74) is 0.775. The molecule has 126 valence electrons. The van der Waals surface area contributed by atoms with Crippen LogP contribution in [-0.2, 0) is 9.53 Å². The Bertz CT molecular complexity index is 934. The standard InChI is InChI=1S/C18H12Cl2N2O3/c19-15-8-12(9-16(20)22-15)18(24)25-10-17(23)21-14-7-3-5-11-4-1-2-6-13(11)14/h1-9H,10H2,(H,21,23). The van der Waals surface area contributed by atoms with E-state index in [1.165, 1.54) is 12.1 Å². The molecule has 0 aliphatic carbocycles. The van der Waals surface area contributed by atoms with E-state index in [1.807, 2.05) is 36.4 Å². The molecule has 1 aromatic heterocycles. The second kappa shape index (κ2) is 7.51. The number of rotatable bonds is 4. The summed E-state index contributed by atoms with van der Waals surface area (Å²) in [6.45, 7) is -0.431. The van der Waals surface area contributed by atoms with E-state index >= 15 is 0 Å². The van der Waals surface area contributed by atoms with Crippen molar-refractivity contribution < 1.29 is 14.3 Å². The molecular weight excluding hydrogens is 363 g/mol. The normalized spacial score (nSPS) is 10.5. The van der Waals surface area contributed by atoms with Gasteiger partial charge in [0.25, 0.3) is 5.91 Å². The van der Waals surface area contributed by atoms with Crippen molar-refractivity contribution in [2.75, 3.05) is 11.9 Å². The zero-order valence-electron chi connectivity index (χ0n) is 12.8. The second-order valence-corrected chi connectivity index (χ2v) is 5.93. The SMILES string of the molecule is O=C(COC(=O)c1cc(Cl)nc(Cl)c1)Nc1cccc2ccccc12. The average Bonchev–Trinajstić information content (AvgIpc) is 2.59. The quantitative estimate of drug-likeness (QED) is 0.544. The first-order valence-electron chi connectivity index (χ1n) is 7.31. The van der Waals surface area contributed by atoms with Crippen LogP contribution in [-0.4, -0.2) is 23.5 Å². The number of hydrogen-bond donors (Lipinski definition) is 1. The minimum Gasteiger partial charge on any atom is -0.452 e. The van der Waals surface area contributed by atoms with E-state index in [2.05, 4.69) is 10.3 Å². The van der Waals surface area contributed by atoms with Gasteiger partial charge in [-0.3, -0.25) is 4.79 Å². The van der Waals surface area contributed by atoms with Crippen LogP contribution in [0.25, 0.3) is 10.8 Å². The van der Waals surface area contributed by atoms with E-state index in [4.69, 9.17) is 27.9 Å². The van der Waals surface area contributed by atoms with Gasteiger partial charge in [-0.05, 0) is 23.6 Å². The van der Waals surface area contributed by atoms with Crippen molar-refractivity contribution in [3.05, 3.63) is 70.5 Å². The highest BCUT2D eigenvalue weighted by atomic mass is 35.5. The van der Waals surface area contributed by atoms with E-state index in [1.54, 1.807) is 6.07 Å². The fraction of sp³-hybridized carbons (Fsp3) is 0.0556. The molecule has 0 aliphatic rings. The Morgan fingerprint density at radius 2 is 1.68 bits per heavy atom. The molecule has 1 N–H and O–H groups in total. The minimum atomic E-state index is -0.709. The van der Waals surface area contributed by atoms with Crippen LogP contribution in [0, 0.1) is 0 Å². The first kappa shape index (κ1) is 17.2. The predicted octanol–water partition coefficient (Wildman–Crippen LogP) is 4.34. The highest BCUT2D eigenvalue weighted by Crippen LogP contribution is 2.23. The van der Waals surface area contributed by atoms with Crippen molar-refractivity contribution in [3.8, 4) is 0 Å². The van der Waals surface area contributed by atoms with Gasteiger partial charge in [-0.1, -0.05) is 59.6 Å². The first-order valence-corrected chi connectivity index (χ1v) is 8.06. The lowest BCUT2D eigenvalue weighted by atomic mass is 10.1. The number of benzene rings is 2. The van der Waals surface area contributed by atoms with E-state index in [0.717, 1.165) is 10.8 Å². The molecule has 0 atom stereocenters. The van der Waals surface area contributed by atoms with Crippen molar-refractivity contribution in [2.45, 2.75) is 0 Å². The van der Waals surface area contributed by atoms with Crippen LogP contribution in [0.1, 0.15) is 10.4 Å². The largest absolute Gasteiger partial charge is 0.452 e. The summed E-state index contributed by atoms with van der Waals surface area (Å²) in [5.74, 6) is -1.16. The summed E-state index contributed by atoms with van der Waals surface area (Å²) in [6, 6.07) is 15.9. The monoisotopic (exact) mass is 374 g/mol. The predicted molar refractivity (Wildman–Crippen MR) is 97.1 cm³/mol. The highest BCUT2D eigenvalue weighted by Gasteiger charge is 2.13.